The first-order valence-electron chi connectivity index (χ1n) is 9.78. The molecular formula is C26H17BrN2O2. The zero-order valence-electron chi connectivity index (χ0n) is 16.4. The van der Waals surface area contributed by atoms with E-state index < -0.39 is 0 Å². The number of carbonyl (C=O) groups is 1. The Kier molecular flexibility index (Phi) is 4.88. The SMILES string of the molecule is O=C1/C(=C\c2cccc3ccccc23)N=C(c2ccccc2Br)N1c1ccc(O)cc1. The van der Waals surface area contributed by atoms with Gasteiger partial charge in [0, 0.05) is 10.0 Å². The summed E-state index contributed by atoms with van der Waals surface area (Å²) in [6, 6.07) is 28.3. The van der Waals surface area contributed by atoms with Gasteiger partial charge in [-0.25, -0.2) is 4.99 Å². The van der Waals surface area contributed by atoms with Gasteiger partial charge in [-0.15, -0.1) is 0 Å². The molecule has 0 saturated carbocycles. The number of carbonyl (C=O) groups excluding carboxylic acids is 1. The summed E-state index contributed by atoms with van der Waals surface area (Å²) in [5, 5.41) is 11.9. The van der Waals surface area contributed by atoms with Crippen LogP contribution in [0.25, 0.3) is 16.8 Å². The number of phenols is 1. The lowest BCUT2D eigenvalue weighted by atomic mass is 10.0. The Morgan fingerprint density at radius 2 is 1.55 bits per heavy atom. The molecule has 0 aliphatic carbocycles. The molecule has 1 aliphatic rings. The number of nitrogens with zero attached hydrogens (tertiary/aromatic N) is 2. The molecule has 150 valence electrons. The first-order valence-corrected chi connectivity index (χ1v) is 10.6. The number of aliphatic imine (C=N–C) groups is 1. The van der Waals surface area contributed by atoms with E-state index in [0.717, 1.165) is 26.4 Å². The fraction of sp³-hybridized carbons (Fsp3) is 0. The Balaban J connectivity index is 1.68. The van der Waals surface area contributed by atoms with E-state index in [1.54, 1.807) is 29.2 Å². The summed E-state index contributed by atoms with van der Waals surface area (Å²) in [7, 11) is 0. The molecule has 1 amide bonds. The maximum absolute atomic E-state index is 13.5. The highest BCUT2D eigenvalue weighted by Crippen LogP contribution is 2.32. The van der Waals surface area contributed by atoms with E-state index >= 15 is 0 Å². The molecule has 0 spiro atoms. The van der Waals surface area contributed by atoms with Gasteiger partial charge in [0.2, 0.25) is 0 Å². The monoisotopic (exact) mass is 468 g/mol. The van der Waals surface area contributed by atoms with Crippen LogP contribution >= 0.6 is 15.9 Å². The van der Waals surface area contributed by atoms with Crippen LogP contribution in [0.2, 0.25) is 0 Å². The van der Waals surface area contributed by atoms with E-state index in [2.05, 4.69) is 15.9 Å². The zero-order chi connectivity index (χ0) is 21.4. The molecule has 0 atom stereocenters. The number of anilines is 1. The highest BCUT2D eigenvalue weighted by molar-refractivity contribution is 9.10. The van der Waals surface area contributed by atoms with Gasteiger partial charge in [-0.2, -0.15) is 0 Å². The Hall–Kier alpha value is -3.70. The minimum absolute atomic E-state index is 0.140. The summed E-state index contributed by atoms with van der Waals surface area (Å²) in [6.45, 7) is 0. The van der Waals surface area contributed by atoms with Gasteiger partial charge < -0.3 is 5.11 Å². The number of halogens is 1. The van der Waals surface area contributed by atoms with Gasteiger partial charge >= 0.3 is 0 Å². The van der Waals surface area contributed by atoms with Gasteiger partial charge in [0.15, 0.2) is 0 Å². The minimum Gasteiger partial charge on any atom is -0.508 e. The molecule has 31 heavy (non-hydrogen) atoms. The number of amides is 1. The van der Waals surface area contributed by atoms with Crippen LogP contribution in [0.3, 0.4) is 0 Å². The summed E-state index contributed by atoms with van der Waals surface area (Å²) >= 11 is 3.58. The largest absolute Gasteiger partial charge is 0.508 e. The number of hydrogen-bond donors (Lipinski definition) is 1. The second-order valence-corrected chi connectivity index (χ2v) is 8.02. The average molecular weight is 469 g/mol. The molecule has 0 fully saturated rings. The third-order valence-corrected chi connectivity index (χ3v) is 5.89. The number of benzene rings is 4. The summed E-state index contributed by atoms with van der Waals surface area (Å²) < 4.78 is 0.844. The quantitative estimate of drug-likeness (QED) is 0.367. The number of rotatable bonds is 3. The van der Waals surface area contributed by atoms with E-state index in [4.69, 9.17) is 4.99 Å². The zero-order valence-corrected chi connectivity index (χ0v) is 18.0. The van der Waals surface area contributed by atoms with Crippen molar-refractivity contribution in [3.63, 3.8) is 0 Å². The lowest BCUT2D eigenvalue weighted by molar-refractivity contribution is -0.113. The van der Waals surface area contributed by atoms with Crippen molar-refractivity contribution in [3.8, 4) is 5.75 Å². The summed E-state index contributed by atoms with van der Waals surface area (Å²) in [5.74, 6) is 0.459. The molecular weight excluding hydrogens is 452 g/mol. The highest BCUT2D eigenvalue weighted by Gasteiger charge is 2.33. The molecule has 0 unspecified atom stereocenters. The van der Waals surface area contributed by atoms with Crippen molar-refractivity contribution in [2.24, 2.45) is 4.99 Å². The van der Waals surface area contributed by atoms with E-state index in [1.165, 1.54) is 0 Å². The first-order chi connectivity index (χ1) is 15.1. The topological polar surface area (TPSA) is 52.9 Å². The van der Waals surface area contributed by atoms with Crippen molar-refractivity contribution in [2.45, 2.75) is 0 Å². The molecule has 0 saturated heterocycles. The van der Waals surface area contributed by atoms with E-state index in [0.29, 0.717) is 17.2 Å². The third-order valence-electron chi connectivity index (χ3n) is 5.20. The van der Waals surface area contributed by atoms with Gasteiger partial charge in [-0.1, -0.05) is 76.6 Å². The van der Waals surface area contributed by atoms with Crippen LogP contribution in [0.15, 0.2) is 106 Å². The molecule has 5 rings (SSSR count). The van der Waals surface area contributed by atoms with E-state index in [1.807, 2.05) is 72.8 Å². The Morgan fingerprint density at radius 3 is 2.35 bits per heavy atom. The molecule has 0 aromatic heterocycles. The van der Waals surface area contributed by atoms with Gasteiger partial charge in [-0.05, 0) is 52.7 Å². The van der Waals surface area contributed by atoms with Crippen LogP contribution in [0.4, 0.5) is 5.69 Å². The predicted octanol–water partition coefficient (Wildman–Crippen LogP) is 6.14. The maximum atomic E-state index is 13.5. The van der Waals surface area contributed by atoms with Crippen molar-refractivity contribution in [1.29, 1.82) is 0 Å². The van der Waals surface area contributed by atoms with Gasteiger partial charge in [0.05, 0.1) is 5.69 Å². The van der Waals surface area contributed by atoms with Crippen molar-refractivity contribution in [3.05, 3.63) is 112 Å². The molecule has 1 aliphatic heterocycles. The number of fused-ring (bicyclic) bond motifs is 1. The average Bonchev–Trinajstić information content (AvgIpc) is 3.11. The molecule has 4 aromatic carbocycles. The fourth-order valence-corrected chi connectivity index (χ4v) is 4.17. The van der Waals surface area contributed by atoms with Gasteiger partial charge in [0.1, 0.15) is 17.3 Å². The summed E-state index contributed by atoms with van der Waals surface area (Å²) in [5.41, 5.74) is 2.74. The number of hydrogen-bond acceptors (Lipinski definition) is 3. The van der Waals surface area contributed by atoms with Crippen molar-refractivity contribution >= 4 is 50.2 Å². The van der Waals surface area contributed by atoms with Crippen LogP contribution < -0.4 is 4.90 Å². The molecule has 1 N–H and O–H groups in total. The molecule has 0 radical (unpaired) electrons. The molecule has 0 bridgehead atoms. The lowest BCUT2D eigenvalue weighted by Gasteiger charge is -2.19. The minimum atomic E-state index is -0.218. The number of phenolic OH excluding ortho intramolecular Hbond substituents is 1. The Labute approximate surface area is 187 Å². The molecule has 4 nitrogen and oxygen atoms in total. The van der Waals surface area contributed by atoms with Crippen molar-refractivity contribution < 1.29 is 9.90 Å². The van der Waals surface area contributed by atoms with Crippen LogP contribution in [-0.2, 0) is 4.79 Å². The van der Waals surface area contributed by atoms with Crippen LogP contribution in [0.1, 0.15) is 11.1 Å². The fourth-order valence-electron chi connectivity index (χ4n) is 3.70. The van der Waals surface area contributed by atoms with Crippen LogP contribution in [-0.4, -0.2) is 16.8 Å². The lowest BCUT2D eigenvalue weighted by Crippen LogP contribution is -2.32. The standard InChI is InChI=1S/C26H17BrN2O2/c27-23-11-4-3-10-22(23)25-28-24(26(31)29(25)19-12-14-20(30)15-13-19)16-18-8-5-7-17-6-1-2-9-21(17)18/h1-16,30H/b24-16+. The second kappa shape index (κ2) is 7.85. The summed E-state index contributed by atoms with van der Waals surface area (Å²) in [6.07, 6.45) is 1.84. The maximum Gasteiger partial charge on any atom is 0.282 e. The van der Waals surface area contributed by atoms with Gasteiger partial charge in [-0.3, -0.25) is 9.69 Å². The molecule has 4 aromatic rings. The van der Waals surface area contributed by atoms with E-state index in [9.17, 15) is 9.90 Å². The molecule has 5 heteroatoms. The third kappa shape index (κ3) is 3.53. The van der Waals surface area contributed by atoms with Crippen molar-refractivity contribution in [1.82, 2.24) is 0 Å². The summed E-state index contributed by atoms with van der Waals surface area (Å²) in [4.78, 5) is 19.8. The molecule has 1 heterocycles. The first kappa shape index (κ1) is 19.3. The van der Waals surface area contributed by atoms with Crippen LogP contribution in [0, 0.1) is 0 Å². The number of amidine groups is 1. The number of aromatic hydroxyl groups is 1. The van der Waals surface area contributed by atoms with Gasteiger partial charge in [0.25, 0.3) is 5.91 Å². The van der Waals surface area contributed by atoms with E-state index in [-0.39, 0.29) is 11.7 Å². The van der Waals surface area contributed by atoms with Crippen LogP contribution in [0.5, 0.6) is 5.75 Å². The Bertz CT molecular complexity index is 1370. The normalized spacial score (nSPS) is 15.0. The smallest absolute Gasteiger partial charge is 0.282 e. The highest BCUT2D eigenvalue weighted by atomic mass is 79.9. The Morgan fingerprint density at radius 1 is 0.839 bits per heavy atom. The second-order valence-electron chi connectivity index (χ2n) is 7.17. The van der Waals surface area contributed by atoms with Crippen molar-refractivity contribution in [2.75, 3.05) is 4.90 Å². The predicted molar refractivity (Wildman–Crippen MR) is 128 cm³/mol.